The second-order valence-electron chi connectivity index (χ2n) is 2.83. The van der Waals surface area contributed by atoms with Crippen LogP contribution in [-0.4, -0.2) is 25.6 Å². The lowest BCUT2D eigenvalue weighted by Gasteiger charge is -2.07. The number of nitrogens with two attached hydrogens (primary N) is 1. The van der Waals surface area contributed by atoms with Gasteiger partial charge in [0.05, 0.1) is 5.69 Å². The molecule has 0 aliphatic carbocycles. The van der Waals surface area contributed by atoms with Gasteiger partial charge in [0.1, 0.15) is 0 Å². The van der Waals surface area contributed by atoms with E-state index in [1.165, 1.54) is 6.92 Å². The van der Waals surface area contributed by atoms with Crippen molar-refractivity contribution in [3.63, 3.8) is 0 Å². The monoisotopic (exact) mass is 276 g/mol. The smallest absolute Gasteiger partial charge is 0.422 e. The number of alkyl halides is 3. The Kier molecular flexibility index (Phi) is 3.45. The zero-order valence-electron chi connectivity index (χ0n) is 7.91. The minimum Gasteiger partial charge on any atom is -0.472 e. The molecule has 0 amide bonds. The highest BCUT2D eigenvalue weighted by Gasteiger charge is 2.31. The third-order valence-corrected chi connectivity index (χ3v) is 3.46. The van der Waals surface area contributed by atoms with Crippen LogP contribution in [0.3, 0.4) is 0 Å². The maximum Gasteiger partial charge on any atom is 0.422 e. The molecule has 0 aromatic carbocycles. The summed E-state index contributed by atoms with van der Waals surface area (Å²) < 4.78 is 65.5. The second kappa shape index (κ2) is 4.18. The van der Waals surface area contributed by atoms with E-state index >= 15 is 0 Å². The maximum absolute atomic E-state index is 11.9. The van der Waals surface area contributed by atoms with Gasteiger partial charge in [0.25, 0.3) is 0 Å². The van der Waals surface area contributed by atoms with Crippen molar-refractivity contribution in [1.82, 2.24) is 4.37 Å². The molecule has 0 bridgehead atoms. The van der Waals surface area contributed by atoms with Crippen LogP contribution in [-0.2, 0) is 10.0 Å². The van der Waals surface area contributed by atoms with Crippen molar-refractivity contribution in [1.29, 1.82) is 0 Å². The molecule has 0 unspecified atom stereocenters. The van der Waals surface area contributed by atoms with Crippen LogP contribution in [0.25, 0.3) is 0 Å². The van der Waals surface area contributed by atoms with Crippen molar-refractivity contribution in [3.05, 3.63) is 5.69 Å². The van der Waals surface area contributed by atoms with E-state index in [1.54, 1.807) is 0 Å². The fraction of sp³-hybridized carbons (Fsp3) is 0.500. The normalized spacial score (nSPS) is 12.8. The molecule has 0 spiro atoms. The van der Waals surface area contributed by atoms with Crippen LogP contribution in [0.4, 0.5) is 13.2 Å². The van der Waals surface area contributed by atoms with E-state index in [0.717, 1.165) is 0 Å². The van der Waals surface area contributed by atoms with Crippen LogP contribution >= 0.6 is 11.5 Å². The van der Waals surface area contributed by atoms with Crippen LogP contribution in [0.1, 0.15) is 5.69 Å². The van der Waals surface area contributed by atoms with Crippen LogP contribution < -0.4 is 9.88 Å². The lowest BCUT2D eigenvalue weighted by atomic mass is 10.5. The first-order valence-electron chi connectivity index (χ1n) is 3.80. The van der Waals surface area contributed by atoms with Crippen LogP contribution in [0.15, 0.2) is 4.90 Å². The summed E-state index contributed by atoms with van der Waals surface area (Å²) in [4.78, 5) is -0.498. The van der Waals surface area contributed by atoms with Gasteiger partial charge in [0.2, 0.25) is 15.1 Å². The third kappa shape index (κ3) is 3.32. The van der Waals surface area contributed by atoms with E-state index in [2.05, 4.69) is 9.11 Å². The fourth-order valence-electron chi connectivity index (χ4n) is 0.902. The van der Waals surface area contributed by atoms with Crippen molar-refractivity contribution < 1.29 is 26.3 Å². The summed E-state index contributed by atoms with van der Waals surface area (Å²) in [5.41, 5.74) is 0.0182. The summed E-state index contributed by atoms with van der Waals surface area (Å²) in [5.74, 6) is 0. The molecule has 0 radical (unpaired) electrons. The number of ether oxygens (including phenoxy) is 1. The Labute approximate surface area is 93.2 Å². The van der Waals surface area contributed by atoms with Gasteiger partial charge >= 0.3 is 6.18 Å². The number of hydrogen-bond donors (Lipinski definition) is 1. The van der Waals surface area contributed by atoms with Crippen molar-refractivity contribution >= 4 is 21.6 Å². The van der Waals surface area contributed by atoms with Crippen LogP contribution in [0.5, 0.6) is 5.06 Å². The number of aryl methyl sites for hydroxylation is 1. The molecular formula is C6H7F3N2O3S2. The van der Waals surface area contributed by atoms with E-state index in [0.29, 0.717) is 11.5 Å². The van der Waals surface area contributed by atoms with Gasteiger partial charge in [-0.1, -0.05) is 0 Å². The number of primary sulfonamides is 1. The van der Waals surface area contributed by atoms with Gasteiger partial charge in [-0.25, -0.2) is 13.6 Å². The van der Waals surface area contributed by atoms with Gasteiger partial charge in [-0.2, -0.15) is 17.5 Å². The third-order valence-electron chi connectivity index (χ3n) is 1.43. The van der Waals surface area contributed by atoms with Crippen molar-refractivity contribution in [2.24, 2.45) is 5.14 Å². The molecular weight excluding hydrogens is 269 g/mol. The van der Waals surface area contributed by atoms with Gasteiger partial charge in [0.15, 0.2) is 11.5 Å². The molecule has 1 heterocycles. The first-order valence-corrected chi connectivity index (χ1v) is 6.12. The maximum atomic E-state index is 11.9. The summed E-state index contributed by atoms with van der Waals surface area (Å²) in [6, 6.07) is 0. The standard InChI is InChI=1S/C6H7F3N2O3S2/c1-3-4(16(10,12)13)5(15-11-3)14-2-6(7,8)9/h2H2,1H3,(H2,10,12,13). The molecule has 16 heavy (non-hydrogen) atoms. The number of sulfonamides is 1. The highest BCUT2D eigenvalue weighted by atomic mass is 32.2. The molecule has 1 aromatic rings. The molecule has 0 aliphatic rings. The minimum absolute atomic E-state index is 0.0182. The zero-order chi connectivity index (χ0) is 12.6. The van der Waals surface area contributed by atoms with E-state index in [1.807, 2.05) is 0 Å². The predicted octanol–water partition coefficient (Wildman–Crippen LogP) is 1.04. The first kappa shape index (κ1) is 13.2. The number of hydrogen-bond acceptors (Lipinski definition) is 5. The lowest BCUT2D eigenvalue weighted by Crippen LogP contribution is -2.20. The molecule has 0 aliphatic heterocycles. The predicted molar refractivity (Wildman–Crippen MR) is 49.8 cm³/mol. The molecule has 10 heteroatoms. The molecule has 0 saturated heterocycles. The molecule has 0 saturated carbocycles. The molecule has 2 N–H and O–H groups in total. The summed E-state index contributed by atoms with van der Waals surface area (Å²) in [5, 5.41) is 4.37. The Hall–Kier alpha value is -0.870. The Morgan fingerprint density at radius 3 is 2.50 bits per heavy atom. The minimum atomic E-state index is -4.55. The number of nitrogens with zero attached hydrogens (tertiary/aromatic N) is 1. The van der Waals surface area contributed by atoms with Gasteiger partial charge in [0, 0.05) is 11.5 Å². The highest BCUT2D eigenvalue weighted by Crippen LogP contribution is 2.31. The van der Waals surface area contributed by atoms with Crippen molar-refractivity contribution in [2.75, 3.05) is 6.61 Å². The molecule has 92 valence electrons. The average molecular weight is 276 g/mol. The van der Waals surface area contributed by atoms with Gasteiger partial charge < -0.3 is 4.74 Å². The fourth-order valence-corrected chi connectivity index (χ4v) is 2.82. The van der Waals surface area contributed by atoms with Crippen molar-refractivity contribution in [2.45, 2.75) is 18.0 Å². The van der Waals surface area contributed by atoms with Gasteiger partial charge in [-0.05, 0) is 6.92 Å². The number of rotatable bonds is 3. The summed E-state index contributed by atoms with van der Waals surface area (Å²) in [7, 11) is -4.13. The van der Waals surface area contributed by atoms with Crippen LogP contribution in [0.2, 0.25) is 0 Å². The molecule has 0 atom stereocenters. The van der Waals surface area contributed by atoms with Crippen molar-refractivity contribution in [3.8, 4) is 5.06 Å². The SMILES string of the molecule is Cc1nsc(OCC(F)(F)F)c1S(N)(=O)=O. The van der Waals surface area contributed by atoms with Gasteiger partial charge in [-0.15, -0.1) is 0 Å². The highest BCUT2D eigenvalue weighted by molar-refractivity contribution is 7.89. The summed E-state index contributed by atoms with van der Waals surface area (Å²) in [6.45, 7) is -0.270. The largest absolute Gasteiger partial charge is 0.472 e. The quantitative estimate of drug-likeness (QED) is 0.894. The molecule has 1 aromatic heterocycles. The zero-order valence-corrected chi connectivity index (χ0v) is 9.54. The summed E-state index contributed by atoms with van der Waals surface area (Å²) in [6.07, 6.45) is -4.55. The molecule has 0 fully saturated rings. The van der Waals surface area contributed by atoms with E-state index in [4.69, 9.17) is 5.14 Å². The molecule has 1 rings (SSSR count). The Balaban J connectivity index is 2.99. The average Bonchev–Trinajstić information content (AvgIpc) is 2.41. The van der Waals surface area contributed by atoms with E-state index in [9.17, 15) is 21.6 Å². The Morgan fingerprint density at radius 1 is 1.50 bits per heavy atom. The number of halogens is 3. The van der Waals surface area contributed by atoms with E-state index in [-0.39, 0.29) is 5.69 Å². The number of aromatic nitrogens is 1. The molecule has 5 nitrogen and oxygen atoms in total. The summed E-state index contributed by atoms with van der Waals surface area (Å²) >= 11 is 0.512. The van der Waals surface area contributed by atoms with Gasteiger partial charge in [-0.3, -0.25) is 0 Å². The Morgan fingerprint density at radius 2 is 2.06 bits per heavy atom. The van der Waals surface area contributed by atoms with Crippen LogP contribution in [0, 0.1) is 6.92 Å². The second-order valence-corrected chi connectivity index (χ2v) is 5.07. The Bertz CT molecular complexity index is 480. The topological polar surface area (TPSA) is 82.3 Å². The lowest BCUT2D eigenvalue weighted by molar-refractivity contribution is -0.153. The van der Waals surface area contributed by atoms with E-state index < -0.39 is 32.8 Å². The first-order chi connectivity index (χ1) is 7.11.